The van der Waals surface area contributed by atoms with Gasteiger partial charge in [0.1, 0.15) is 5.82 Å². The molecule has 0 atom stereocenters. The molecule has 92 valence electrons. The van der Waals surface area contributed by atoms with Crippen molar-refractivity contribution in [2.24, 2.45) is 0 Å². The Morgan fingerprint density at radius 1 is 1.33 bits per heavy atom. The molecule has 0 aliphatic carbocycles. The molecule has 2 heterocycles. The number of aromatic nitrogens is 2. The van der Waals surface area contributed by atoms with Gasteiger partial charge in [0.2, 0.25) is 0 Å². The molecular formula is C13H12FN3O. The van der Waals surface area contributed by atoms with E-state index in [9.17, 15) is 9.18 Å². The van der Waals surface area contributed by atoms with E-state index in [0.717, 1.165) is 5.69 Å². The van der Waals surface area contributed by atoms with Gasteiger partial charge in [-0.3, -0.25) is 14.8 Å². The highest BCUT2D eigenvalue weighted by molar-refractivity contribution is 5.94. The molecule has 0 unspecified atom stereocenters. The van der Waals surface area contributed by atoms with Crippen LogP contribution >= 0.6 is 0 Å². The van der Waals surface area contributed by atoms with Gasteiger partial charge in [-0.05, 0) is 31.2 Å². The Hall–Kier alpha value is -2.30. The minimum absolute atomic E-state index is 0.0624. The second kappa shape index (κ2) is 5.35. The average Bonchev–Trinajstić information content (AvgIpc) is 2.37. The molecule has 0 fully saturated rings. The molecule has 0 saturated carbocycles. The van der Waals surface area contributed by atoms with Crippen molar-refractivity contribution in [1.29, 1.82) is 0 Å². The van der Waals surface area contributed by atoms with Crippen molar-refractivity contribution >= 4 is 5.91 Å². The standard InChI is InChI=1S/C13H12FN3O/c1-9-7-10(4-6-15-9)13(18)17-8-12-11(14)3-2-5-16-12/h2-7H,8H2,1H3,(H,17,18). The number of carbonyl (C=O) groups is 1. The first-order chi connectivity index (χ1) is 8.66. The van der Waals surface area contributed by atoms with Crippen LogP contribution in [0.25, 0.3) is 0 Å². The maximum Gasteiger partial charge on any atom is 0.251 e. The van der Waals surface area contributed by atoms with Gasteiger partial charge in [-0.15, -0.1) is 0 Å². The normalized spacial score (nSPS) is 10.1. The molecule has 4 nitrogen and oxygen atoms in total. The van der Waals surface area contributed by atoms with Gasteiger partial charge in [-0.25, -0.2) is 4.39 Å². The summed E-state index contributed by atoms with van der Waals surface area (Å²) < 4.78 is 13.3. The number of hydrogen-bond acceptors (Lipinski definition) is 3. The van der Waals surface area contributed by atoms with E-state index in [1.54, 1.807) is 25.3 Å². The van der Waals surface area contributed by atoms with Crippen LogP contribution in [0, 0.1) is 12.7 Å². The SMILES string of the molecule is Cc1cc(C(=O)NCc2ncccc2F)ccn1. The van der Waals surface area contributed by atoms with Crippen LogP contribution in [-0.2, 0) is 6.54 Å². The summed E-state index contributed by atoms with van der Waals surface area (Å²) in [5.41, 5.74) is 1.47. The van der Waals surface area contributed by atoms with Crippen molar-refractivity contribution in [2.45, 2.75) is 13.5 Å². The van der Waals surface area contributed by atoms with Crippen molar-refractivity contribution < 1.29 is 9.18 Å². The lowest BCUT2D eigenvalue weighted by molar-refractivity contribution is 0.0950. The Morgan fingerprint density at radius 3 is 2.89 bits per heavy atom. The summed E-state index contributed by atoms with van der Waals surface area (Å²) in [6.45, 7) is 1.86. The molecular weight excluding hydrogens is 233 g/mol. The highest BCUT2D eigenvalue weighted by Crippen LogP contribution is 2.04. The lowest BCUT2D eigenvalue weighted by atomic mass is 10.2. The molecule has 0 aliphatic rings. The third kappa shape index (κ3) is 2.88. The molecule has 1 amide bonds. The summed E-state index contributed by atoms with van der Waals surface area (Å²) in [7, 11) is 0. The van der Waals surface area contributed by atoms with Gasteiger partial charge in [-0.1, -0.05) is 0 Å². The number of nitrogens with one attached hydrogen (secondary N) is 1. The largest absolute Gasteiger partial charge is 0.346 e. The first-order valence-electron chi connectivity index (χ1n) is 5.47. The van der Waals surface area contributed by atoms with Crippen LogP contribution in [0.5, 0.6) is 0 Å². The number of nitrogens with zero attached hydrogens (tertiary/aromatic N) is 2. The molecule has 0 spiro atoms. The summed E-state index contributed by atoms with van der Waals surface area (Å²) in [6, 6.07) is 6.10. The number of halogens is 1. The van der Waals surface area contributed by atoms with E-state index >= 15 is 0 Å². The van der Waals surface area contributed by atoms with Crippen LogP contribution in [0.3, 0.4) is 0 Å². The second-order valence-corrected chi connectivity index (χ2v) is 3.80. The van der Waals surface area contributed by atoms with E-state index in [2.05, 4.69) is 15.3 Å². The lowest BCUT2D eigenvalue weighted by Gasteiger charge is -2.05. The summed E-state index contributed by atoms with van der Waals surface area (Å²) >= 11 is 0. The molecule has 2 aromatic rings. The van der Waals surface area contributed by atoms with Crippen molar-refractivity contribution in [3.8, 4) is 0 Å². The zero-order valence-electron chi connectivity index (χ0n) is 9.85. The van der Waals surface area contributed by atoms with E-state index in [0.29, 0.717) is 5.56 Å². The molecule has 2 aromatic heterocycles. The van der Waals surface area contributed by atoms with Gasteiger partial charge in [0.05, 0.1) is 12.2 Å². The van der Waals surface area contributed by atoms with Crippen molar-refractivity contribution in [3.63, 3.8) is 0 Å². The van der Waals surface area contributed by atoms with E-state index in [1.807, 2.05) is 0 Å². The van der Waals surface area contributed by atoms with Crippen molar-refractivity contribution in [3.05, 3.63) is 59.4 Å². The summed E-state index contributed by atoms with van der Waals surface area (Å²) in [5.74, 6) is -0.700. The fraction of sp³-hybridized carbons (Fsp3) is 0.154. The van der Waals surface area contributed by atoms with Crippen molar-refractivity contribution in [1.82, 2.24) is 15.3 Å². The first-order valence-corrected chi connectivity index (χ1v) is 5.47. The predicted octanol–water partition coefficient (Wildman–Crippen LogP) is 1.85. The third-order valence-corrected chi connectivity index (χ3v) is 2.41. The van der Waals surface area contributed by atoms with Gasteiger partial charge in [0, 0.05) is 23.7 Å². The Bertz CT molecular complexity index is 572. The topological polar surface area (TPSA) is 54.9 Å². The van der Waals surface area contributed by atoms with Gasteiger partial charge >= 0.3 is 0 Å². The number of hydrogen-bond donors (Lipinski definition) is 1. The minimum atomic E-state index is -0.427. The molecule has 18 heavy (non-hydrogen) atoms. The van der Waals surface area contributed by atoms with Crippen LogP contribution in [0.4, 0.5) is 4.39 Å². The molecule has 2 rings (SSSR count). The average molecular weight is 245 g/mol. The molecule has 0 saturated heterocycles. The monoisotopic (exact) mass is 245 g/mol. The van der Waals surface area contributed by atoms with Crippen LogP contribution in [0.1, 0.15) is 21.7 Å². The number of aryl methyl sites for hydroxylation is 1. The first kappa shape index (κ1) is 12.2. The molecule has 0 aliphatic heterocycles. The van der Waals surface area contributed by atoms with Gasteiger partial charge in [-0.2, -0.15) is 0 Å². The van der Waals surface area contributed by atoms with E-state index in [4.69, 9.17) is 0 Å². The van der Waals surface area contributed by atoms with Gasteiger partial charge in [0.15, 0.2) is 0 Å². The molecule has 0 radical (unpaired) electrons. The van der Waals surface area contributed by atoms with Crippen LogP contribution in [0.15, 0.2) is 36.7 Å². The maximum absolute atomic E-state index is 13.3. The van der Waals surface area contributed by atoms with Crippen LogP contribution < -0.4 is 5.32 Å². The Balaban J connectivity index is 2.03. The Morgan fingerprint density at radius 2 is 2.17 bits per heavy atom. The van der Waals surface area contributed by atoms with Gasteiger partial charge in [0.25, 0.3) is 5.91 Å². The Kier molecular flexibility index (Phi) is 3.62. The maximum atomic E-state index is 13.3. The quantitative estimate of drug-likeness (QED) is 0.897. The molecule has 1 N–H and O–H groups in total. The van der Waals surface area contributed by atoms with E-state index in [-0.39, 0.29) is 18.1 Å². The lowest BCUT2D eigenvalue weighted by Crippen LogP contribution is -2.24. The molecule has 5 heteroatoms. The zero-order valence-corrected chi connectivity index (χ0v) is 9.85. The van der Waals surface area contributed by atoms with Gasteiger partial charge < -0.3 is 5.32 Å². The summed E-state index contributed by atoms with van der Waals surface area (Å²) in [6.07, 6.45) is 3.05. The fourth-order valence-corrected chi connectivity index (χ4v) is 1.50. The summed E-state index contributed by atoms with van der Waals surface area (Å²) in [4.78, 5) is 19.7. The van der Waals surface area contributed by atoms with E-state index in [1.165, 1.54) is 18.3 Å². The van der Waals surface area contributed by atoms with Crippen molar-refractivity contribution in [2.75, 3.05) is 0 Å². The number of pyridine rings is 2. The minimum Gasteiger partial charge on any atom is -0.346 e. The third-order valence-electron chi connectivity index (χ3n) is 2.41. The number of carbonyl (C=O) groups excluding carboxylic acids is 1. The van der Waals surface area contributed by atoms with Crippen LogP contribution in [-0.4, -0.2) is 15.9 Å². The summed E-state index contributed by atoms with van der Waals surface area (Å²) in [5, 5.41) is 2.61. The Labute approximate surface area is 104 Å². The second-order valence-electron chi connectivity index (χ2n) is 3.80. The molecule has 0 bridgehead atoms. The van der Waals surface area contributed by atoms with E-state index < -0.39 is 5.82 Å². The van der Waals surface area contributed by atoms with Crippen LogP contribution in [0.2, 0.25) is 0 Å². The number of rotatable bonds is 3. The highest BCUT2D eigenvalue weighted by atomic mass is 19.1. The molecule has 0 aromatic carbocycles. The zero-order chi connectivity index (χ0) is 13.0. The predicted molar refractivity (Wildman–Crippen MR) is 64.3 cm³/mol. The fourth-order valence-electron chi connectivity index (χ4n) is 1.50. The smallest absolute Gasteiger partial charge is 0.251 e. The highest BCUT2D eigenvalue weighted by Gasteiger charge is 2.08. The number of amides is 1.